The summed E-state index contributed by atoms with van der Waals surface area (Å²) in [5.74, 6) is 1.42. The second-order valence-electron chi connectivity index (χ2n) is 4.28. The van der Waals surface area contributed by atoms with Crippen LogP contribution >= 0.6 is 15.9 Å². The van der Waals surface area contributed by atoms with Crippen LogP contribution in [0.25, 0.3) is 11.3 Å². The summed E-state index contributed by atoms with van der Waals surface area (Å²) in [5, 5.41) is 6.87. The molecular formula is C12H12BrN3O. The zero-order valence-corrected chi connectivity index (χ0v) is 10.9. The first-order valence-corrected chi connectivity index (χ1v) is 6.23. The van der Waals surface area contributed by atoms with Gasteiger partial charge in [0, 0.05) is 22.5 Å². The maximum atomic E-state index is 5.85. The molecule has 0 amide bonds. The molecule has 0 fully saturated rings. The summed E-state index contributed by atoms with van der Waals surface area (Å²) in [6.07, 6.45) is 1.16. The van der Waals surface area contributed by atoms with Gasteiger partial charge in [0.25, 0.3) is 0 Å². The Morgan fingerprint density at radius 2 is 2.29 bits per heavy atom. The molecule has 1 aromatic carbocycles. The van der Waals surface area contributed by atoms with Crippen molar-refractivity contribution in [3.63, 3.8) is 0 Å². The molecule has 3 N–H and O–H groups in total. The lowest BCUT2D eigenvalue weighted by molar-refractivity contribution is 0.255. The van der Waals surface area contributed by atoms with E-state index >= 15 is 0 Å². The minimum absolute atomic E-state index is 0.221. The summed E-state index contributed by atoms with van der Waals surface area (Å²) in [6.45, 7) is 2.07. The van der Waals surface area contributed by atoms with Crippen LogP contribution in [0.15, 0.2) is 22.7 Å². The summed E-state index contributed by atoms with van der Waals surface area (Å²) in [7, 11) is 0. The number of benzene rings is 1. The highest BCUT2D eigenvalue weighted by Gasteiger charge is 2.24. The molecular weight excluding hydrogens is 282 g/mol. The van der Waals surface area contributed by atoms with Crippen LogP contribution in [-0.4, -0.2) is 16.3 Å². The molecule has 1 aromatic heterocycles. The zero-order valence-electron chi connectivity index (χ0n) is 9.33. The predicted molar refractivity (Wildman–Crippen MR) is 69.9 cm³/mol. The molecule has 0 spiro atoms. The van der Waals surface area contributed by atoms with Crippen molar-refractivity contribution in [3.05, 3.63) is 28.2 Å². The maximum absolute atomic E-state index is 5.85. The van der Waals surface area contributed by atoms with E-state index in [2.05, 4.69) is 39.1 Å². The van der Waals surface area contributed by atoms with E-state index in [0.717, 1.165) is 27.9 Å². The highest BCUT2D eigenvalue weighted by Crippen LogP contribution is 2.40. The van der Waals surface area contributed by atoms with Crippen LogP contribution < -0.4 is 10.5 Å². The number of rotatable bonds is 1. The molecule has 2 aromatic rings. The van der Waals surface area contributed by atoms with E-state index in [1.54, 1.807) is 0 Å². The number of aromatic amines is 1. The molecule has 0 bridgehead atoms. The number of ether oxygens (including phenoxy) is 1. The van der Waals surface area contributed by atoms with Gasteiger partial charge in [-0.15, -0.1) is 0 Å². The SMILES string of the molecule is CC1Cc2cc(Br)cc(-c3cc(N)n[nH]3)c2O1. The van der Waals surface area contributed by atoms with Gasteiger partial charge < -0.3 is 10.5 Å². The molecule has 0 saturated heterocycles. The van der Waals surface area contributed by atoms with Gasteiger partial charge in [0.2, 0.25) is 0 Å². The smallest absolute Gasteiger partial charge is 0.145 e. The third-order valence-corrected chi connectivity index (χ3v) is 3.30. The molecule has 0 radical (unpaired) electrons. The normalized spacial score (nSPS) is 17.9. The Morgan fingerprint density at radius 3 is 3.00 bits per heavy atom. The fourth-order valence-corrected chi connectivity index (χ4v) is 2.67. The largest absolute Gasteiger partial charge is 0.489 e. The number of hydrogen-bond donors (Lipinski definition) is 2. The van der Waals surface area contributed by atoms with Crippen molar-refractivity contribution in [1.82, 2.24) is 10.2 Å². The Morgan fingerprint density at radius 1 is 1.47 bits per heavy atom. The molecule has 0 saturated carbocycles. The molecule has 1 aliphatic rings. The van der Waals surface area contributed by atoms with Crippen molar-refractivity contribution in [1.29, 1.82) is 0 Å². The standard InChI is InChI=1S/C12H12BrN3O/c1-6-2-7-3-8(13)4-9(12(7)17-6)10-5-11(14)16-15-10/h3-6H,2H2,1H3,(H3,14,15,16). The van der Waals surface area contributed by atoms with E-state index in [1.165, 1.54) is 5.56 Å². The van der Waals surface area contributed by atoms with E-state index in [-0.39, 0.29) is 6.10 Å². The molecule has 1 atom stereocenters. The molecule has 1 aliphatic heterocycles. The van der Waals surface area contributed by atoms with Gasteiger partial charge in [0.05, 0.1) is 5.69 Å². The number of nitrogens with one attached hydrogen (secondary N) is 1. The second-order valence-corrected chi connectivity index (χ2v) is 5.20. The topological polar surface area (TPSA) is 63.9 Å². The monoisotopic (exact) mass is 293 g/mol. The lowest BCUT2D eigenvalue weighted by atomic mass is 10.0. The first kappa shape index (κ1) is 10.7. The number of nitrogens with zero attached hydrogens (tertiary/aromatic N) is 1. The minimum Gasteiger partial charge on any atom is -0.489 e. The Labute approximate surface area is 107 Å². The van der Waals surface area contributed by atoms with Gasteiger partial charge in [-0.05, 0) is 24.6 Å². The number of aromatic nitrogens is 2. The van der Waals surface area contributed by atoms with Gasteiger partial charge in [-0.1, -0.05) is 15.9 Å². The van der Waals surface area contributed by atoms with Crippen LogP contribution in [0.2, 0.25) is 0 Å². The van der Waals surface area contributed by atoms with Crippen molar-refractivity contribution in [2.75, 3.05) is 5.73 Å². The number of hydrogen-bond acceptors (Lipinski definition) is 3. The number of halogens is 1. The average Bonchev–Trinajstić information content (AvgIpc) is 2.82. The van der Waals surface area contributed by atoms with Crippen molar-refractivity contribution in [3.8, 4) is 17.0 Å². The van der Waals surface area contributed by atoms with E-state index in [9.17, 15) is 0 Å². The molecule has 88 valence electrons. The minimum atomic E-state index is 0.221. The van der Waals surface area contributed by atoms with E-state index < -0.39 is 0 Å². The fraction of sp³-hybridized carbons (Fsp3) is 0.250. The quantitative estimate of drug-likeness (QED) is 0.850. The average molecular weight is 294 g/mol. The first-order valence-electron chi connectivity index (χ1n) is 5.44. The summed E-state index contributed by atoms with van der Waals surface area (Å²) < 4.78 is 6.89. The lowest BCUT2D eigenvalue weighted by Gasteiger charge is -2.08. The van der Waals surface area contributed by atoms with E-state index in [0.29, 0.717) is 5.82 Å². The van der Waals surface area contributed by atoms with Crippen molar-refractivity contribution >= 4 is 21.7 Å². The molecule has 3 rings (SSSR count). The van der Waals surface area contributed by atoms with Crippen LogP contribution in [0.5, 0.6) is 5.75 Å². The van der Waals surface area contributed by atoms with E-state index in [1.807, 2.05) is 12.1 Å². The number of nitrogens with two attached hydrogens (primary N) is 1. The fourth-order valence-electron chi connectivity index (χ4n) is 2.17. The van der Waals surface area contributed by atoms with Gasteiger partial charge in [-0.25, -0.2) is 0 Å². The van der Waals surface area contributed by atoms with E-state index in [4.69, 9.17) is 10.5 Å². The summed E-state index contributed by atoms with van der Waals surface area (Å²) in [5.41, 5.74) is 8.74. The highest BCUT2D eigenvalue weighted by molar-refractivity contribution is 9.10. The van der Waals surface area contributed by atoms with Gasteiger partial charge in [0.15, 0.2) is 0 Å². The lowest BCUT2D eigenvalue weighted by Crippen LogP contribution is -2.05. The Kier molecular flexibility index (Phi) is 2.36. The highest BCUT2D eigenvalue weighted by atomic mass is 79.9. The Balaban J connectivity index is 2.17. The van der Waals surface area contributed by atoms with Gasteiger partial charge in [-0.3, -0.25) is 5.10 Å². The molecule has 1 unspecified atom stereocenters. The molecule has 4 nitrogen and oxygen atoms in total. The Hall–Kier alpha value is -1.49. The van der Waals surface area contributed by atoms with Crippen molar-refractivity contribution in [2.24, 2.45) is 0 Å². The van der Waals surface area contributed by atoms with Gasteiger partial charge >= 0.3 is 0 Å². The second kappa shape index (κ2) is 3.77. The van der Waals surface area contributed by atoms with Crippen LogP contribution in [0.3, 0.4) is 0 Å². The molecule has 0 aliphatic carbocycles. The summed E-state index contributed by atoms with van der Waals surface area (Å²) in [6, 6.07) is 5.93. The van der Waals surface area contributed by atoms with Crippen LogP contribution in [0.4, 0.5) is 5.82 Å². The van der Waals surface area contributed by atoms with Gasteiger partial charge in [0.1, 0.15) is 17.7 Å². The van der Waals surface area contributed by atoms with Crippen molar-refractivity contribution in [2.45, 2.75) is 19.4 Å². The summed E-state index contributed by atoms with van der Waals surface area (Å²) in [4.78, 5) is 0. The third kappa shape index (κ3) is 1.80. The number of fused-ring (bicyclic) bond motifs is 1. The third-order valence-electron chi connectivity index (χ3n) is 2.84. The van der Waals surface area contributed by atoms with Crippen molar-refractivity contribution < 1.29 is 4.74 Å². The van der Waals surface area contributed by atoms with Gasteiger partial charge in [-0.2, -0.15) is 5.10 Å². The first-order chi connectivity index (χ1) is 8.13. The Bertz CT molecular complexity index is 579. The molecule has 5 heteroatoms. The molecule has 2 heterocycles. The zero-order chi connectivity index (χ0) is 12.0. The van der Waals surface area contributed by atoms with Crippen LogP contribution in [0, 0.1) is 0 Å². The molecule has 17 heavy (non-hydrogen) atoms. The number of anilines is 1. The summed E-state index contributed by atoms with van der Waals surface area (Å²) >= 11 is 3.52. The number of nitrogen functional groups attached to an aromatic ring is 1. The maximum Gasteiger partial charge on any atom is 0.145 e. The predicted octanol–water partition coefficient (Wildman–Crippen LogP) is 2.74. The number of H-pyrrole nitrogens is 1. The van der Waals surface area contributed by atoms with Crippen LogP contribution in [-0.2, 0) is 6.42 Å². The van der Waals surface area contributed by atoms with Crippen LogP contribution in [0.1, 0.15) is 12.5 Å².